The second-order valence-corrected chi connectivity index (χ2v) is 4.73. The number of hydrogen-bond donors (Lipinski definition) is 0. The summed E-state index contributed by atoms with van der Waals surface area (Å²) in [4.78, 5) is 25.3. The van der Waals surface area contributed by atoms with Crippen LogP contribution in [0.1, 0.15) is 33.6 Å². The minimum Gasteiger partial charge on any atom is -0.466 e. The van der Waals surface area contributed by atoms with E-state index in [2.05, 4.69) is 4.90 Å². The maximum Gasteiger partial charge on any atom is 0.309 e. The maximum atomic E-state index is 11.6. The van der Waals surface area contributed by atoms with E-state index in [0.717, 1.165) is 19.5 Å². The van der Waals surface area contributed by atoms with E-state index in [1.54, 1.807) is 0 Å². The van der Waals surface area contributed by atoms with Gasteiger partial charge < -0.3 is 9.64 Å². The van der Waals surface area contributed by atoms with E-state index in [1.165, 1.54) is 0 Å². The molecule has 1 heterocycles. The van der Waals surface area contributed by atoms with E-state index >= 15 is 0 Å². The number of piperidine rings is 1. The summed E-state index contributed by atoms with van der Waals surface area (Å²) in [6.45, 7) is 8.44. The van der Waals surface area contributed by atoms with Gasteiger partial charge in [-0.3, -0.25) is 9.59 Å². The fraction of sp³-hybridized carbons (Fsp3) is 0.846. The summed E-state index contributed by atoms with van der Waals surface area (Å²) in [5, 5.41) is 0. The summed E-state index contributed by atoms with van der Waals surface area (Å²) < 4.78 is 4.99. The Kier molecular flexibility index (Phi) is 5.62. The molecule has 1 fully saturated rings. The first kappa shape index (κ1) is 14.2. The fourth-order valence-electron chi connectivity index (χ4n) is 2.25. The van der Waals surface area contributed by atoms with Crippen LogP contribution < -0.4 is 0 Å². The molecule has 4 nitrogen and oxygen atoms in total. The van der Waals surface area contributed by atoms with Crippen LogP contribution in [-0.2, 0) is 14.3 Å². The molecule has 0 aromatic heterocycles. The Hall–Kier alpha value is -0.900. The molecule has 0 aromatic carbocycles. The van der Waals surface area contributed by atoms with E-state index in [1.807, 2.05) is 20.8 Å². The van der Waals surface area contributed by atoms with Gasteiger partial charge in [-0.1, -0.05) is 13.8 Å². The lowest BCUT2D eigenvalue weighted by Gasteiger charge is -2.32. The van der Waals surface area contributed by atoms with Gasteiger partial charge in [0.2, 0.25) is 0 Å². The smallest absolute Gasteiger partial charge is 0.309 e. The molecule has 2 atom stereocenters. The summed E-state index contributed by atoms with van der Waals surface area (Å²) in [6.07, 6.45) is 1.51. The molecule has 0 radical (unpaired) electrons. The molecule has 0 aliphatic carbocycles. The minimum absolute atomic E-state index is 0.111. The van der Waals surface area contributed by atoms with Crippen molar-refractivity contribution in [3.63, 3.8) is 0 Å². The van der Waals surface area contributed by atoms with E-state index in [-0.39, 0.29) is 17.8 Å². The average molecular weight is 241 g/mol. The first-order valence-electron chi connectivity index (χ1n) is 6.50. The molecule has 98 valence electrons. The second-order valence-electron chi connectivity index (χ2n) is 4.73. The maximum absolute atomic E-state index is 11.6. The number of likely N-dealkylation sites (tertiary alicyclic amines) is 1. The van der Waals surface area contributed by atoms with Gasteiger partial charge in [-0.2, -0.15) is 0 Å². The van der Waals surface area contributed by atoms with Gasteiger partial charge in [0, 0.05) is 32.0 Å². The van der Waals surface area contributed by atoms with Gasteiger partial charge in [0.25, 0.3) is 0 Å². The van der Waals surface area contributed by atoms with Crippen molar-refractivity contribution in [1.82, 2.24) is 4.90 Å². The third kappa shape index (κ3) is 4.11. The van der Waals surface area contributed by atoms with E-state index in [9.17, 15) is 9.59 Å². The molecule has 0 aromatic rings. The second kappa shape index (κ2) is 6.74. The van der Waals surface area contributed by atoms with Gasteiger partial charge >= 0.3 is 5.97 Å². The Bertz CT molecular complexity index is 278. The van der Waals surface area contributed by atoms with Crippen molar-refractivity contribution >= 4 is 11.8 Å². The summed E-state index contributed by atoms with van der Waals surface area (Å²) in [5.41, 5.74) is 0. The number of hydrogen-bond acceptors (Lipinski definition) is 4. The van der Waals surface area contributed by atoms with Crippen molar-refractivity contribution in [2.45, 2.75) is 33.6 Å². The normalized spacial score (nSPS) is 23.5. The summed E-state index contributed by atoms with van der Waals surface area (Å²) >= 11 is 0. The molecule has 0 N–H and O–H groups in total. The molecule has 2 unspecified atom stereocenters. The molecule has 1 rings (SSSR count). The lowest BCUT2D eigenvalue weighted by molar-refractivity contribution is -0.148. The number of carbonyl (C=O) groups is 2. The average Bonchev–Trinajstić information content (AvgIpc) is 2.31. The number of nitrogens with zero attached hydrogens (tertiary/aromatic N) is 1. The van der Waals surface area contributed by atoms with Crippen LogP contribution in [0.25, 0.3) is 0 Å². The zero-order chi connectivity index (χ0) is 12.8. The van der Waals surface area contributed by atoms with Crippen LogP contribution in [0.3, 0.4) is 0 Å². The van der Waals surface area contributed by atoms with E-state index in [4.69, 9.17) is 4.74 Å². The molecule has 4 heteroatoms. The Morgan fingerprint density at radius 2 is 2.24 bits per heavy atom. The van der Waals surface area contributed by atoms with Gasteiger partial charge in [0.1, 0.15) is 5.78 Å². The predicted molar refractivity (Wildman–Crippen MR) is 65.6 cm³/mol. The van der Waals surface area contributed by atoms with Crippen LogP contribution in [0.4, 0.5) is 0 Å². The van der Waals surface area contributed by atoms with Crippen molar-refractivity contribution in [3.8, 4) is 0 Å². The molecule has 1 aliphatic rings. The van der Waals surface area contributed by atoms with Crippen molar-refractivity contribution in [2.75, 3.05) is 26.2 Å². The van der Waals surface area contributed by atoms with Crippen molar-refractivity contribution < 1.29 is 14.3 Å². The van der Waals surface area contributed by atoms with Crippen LogP contribution in [0.5, 0.6) is 0 Å². The van der Waals surface area contributed by atoms with Gasteiger partial charge in [0.15, 0.2) is 0 Å². The number of rotatable bonds is 5. The minimum atomic E-state index is -0.141. The van der Waals surface area contributed by atoms with E-state index < -0.39 is 0 Å². The topological polar surface area (TPSA) is 46.6 Å². The van der Waals surface area contributed by atoms with Crippen LogP contribution in [0.15, 0.2) is 0 Å². The van der Waals surface area contributed by atoms with Crippen molar-refractivity contribution in [1.29, 1.82) is 0 Å². The summed E-state index contributed by atoms with van der Waals surface area (Å²) in [7, 11) is 0. The highest BCUT2D eigenvalue weighted by Gasteiger charge is 2.27. The predicted octanol–water partition coefficient (Wildman–Crippen LogP) is 1.49. The zero-order valence-corrected chi connectivity index (χ0v) is 11.1. The Labute approximate surface area is 103 Å². The number of esters is 1. The Morgan fingerprint density at radius 3 is 2.82 bits per heavy atom. The molecule has 0 bridgehead atoms. The fourth-order valence-corrected chi connectivity index (χ4v) is 2.25. The number of Topliss-reactive ketones (excluding diaryl/α,β-unsaturated/α-hetero) is 1. The molecule has 0 spiro atoms. The van der Waals surface area contributed by atoms with Gasteiger partial charge in [-0.25, -0.2) is 0 Å². The number of carbonyl (C=O) groups excluding carboxylic acids is 2. The highest BCUT2D eigenvalue weighted by Crippen LogP contribution is 2.17. The van der Waals surface area contributed by atoms with Crippen LogP contribution in [0.2, 0.25) is 0 Å². The Balaban J connectivity index is 2.41. The largest absolute Gasteiger partial charge is 0.466 e. The first-order chi connectivity index (χ1) is 8.08. The quantitative estimate of drug-likeness (QED) is 0.684. The molecule has 1 aliphatic heterocycles. The van der Waals surface area contributed by atoms with Crippen LogP contribution >= 0.6 is 0 Å². The summed E-state index contributed by atoms with van der Waals surface area (Å²) in [5.74, 6) is 0.267. The highest BCUT2D eigenvalue weighted by molar-refractivity contribution is 5.82. The van der Waals surface area contributed by atoms with E-state index in [0.29, 0.717) is 25.4 Å². The van der Waals surface area contributed by atoms with Crippen LogP contribution in [0, 0.1) is 11.8 Å². The monoisotopic (exact) mass is 241 g/mol. The molecular weight excluding hydrogens is 218 g/mol. The molecule has 17 heavy (non-hydrogen) atoms. The highest BCUT2D eigenvalue weighted by atomic mass is 16.5. The molecule has 1 saturated heterocycles. The van der Waals surface area contributed by atoms with Crippen molar-refractivity contribution in [2.24, 2.45) is 11.8 Å². The van der Waals surface area contributed by atoms with Gasteiger partial charge in [-0.15, -0.1) is 0 Å². The van der Waals surface area contributed by atoms with Crippen molar-refractivity contribution in [3.05, 3.63) is 0 Å². The Morgan fingerprint density at radius 1 is 1.53 bits per heavy atom. The third-order valence-electron chi connectivity index (χ3n) is 3.32. The van der Waals surface area contributed by atoms with Crippen LogP contribution in [-0.4, -0.2) is 42.9 Å². The van der Waals surface area contributed by atoms with Gasteiger partial charge in [-0.05, 0) is 13.3 Å². The molecule has 0 saturated carbocycles. The molecular formula is C13H23NO3. The number of ether oxygens (including phenoxy) is 1. The lowest BCUT2D eigenvalue weighted by atomic mass is 9.93. The first-order valence-corrected chi connectivity index (χ1v) is 6.50. The standard InChI is InChI=1S/C13H23NO3/c1-4-11-9-14(7-6-12(11)15)8-10(3)13(16)17-5-2/h10-11H,4-9H2,1-3H3. The number of ketones is 1. The van der Waals surface area contributed by atoms with Gasteiger partial charge in [0.05, 0.1) is 12.5 Å². The lowest BCUT2D eigenvalue weighted by Crippen LogP contribution is -2.43. The SMILES string of the molecule is CCOC(=O)C(C)CN1CCC(=O)C(CC)C1. The molecule has 0 amide bonds. The third-order valence-corrected chi connectivity index (χ3v) is 3.32. The zero-order valence-electron chi connectivity index (χ0n) is 11.1. The summed E-state index contributed by atoms with van der Waals surface area (Å²) in [6, 6.07) is 0.